The molecule has 28 heavy (non-hydrogen) atoms. The normalized spacial score (nSPS) is 16.7. The van der Waals surface area contributed by atoms with Crippen molar-refractivity contribution >= 4 is 23.2 Å². The maximum absolute atomic E-state index is 12.8. The second-order valence-corrected chi connectivity index (χ2v) is 8.24. The largest absolute Gasteiger partial charge is 0.371 e. The molecule has 0 radical (unpaired) electrons. The average Bonchev–Trinajstić information content (AvgIpc) is 3.52. The number of rotatable bonds is 10. The molecule has 5 heteroatoms. The van der Waals surface area contributed by atoms with Crippen LogP contribution in [0.15, 0.2) is 18.2 Å². The Morgan fingerprint density at radius 3 is 2.50 bits per heavy atom. The van der Waals surface area contributed by atoms with Crippen molar-refractivity contribution in [2.24, 2.45) is 0 Å². The first-order valence-electron chi connectivity index (χ1n) is 11.2. The molecule has 1 aromatic rings. The number of carbonyl (C=O) groups excluding carboxylic acids is 2. The lowest BCUT2D eigenvalue weighted by Gasteiger charge is -2.30. The first kappa shape index (κ1) is 20.7. The Kier molecular flexibility index (Phi) is 7.75. The summed E-state index contributed by atoms with van der Waals surface area (Å²) in [5.41, 5.74) is 2.41. The number of amides is 2. The molecule has 1 aliphatic heterocycles. The summed E-state index contributed by atoms with van der Waals surface area (Å²) in [6.45, 7) is 4.18. The number of nitrogens with one attached hydrogen (secondary N) is 2. The van der Waals surface area contributed by atoms with E-state index in [0.29, 0.717) is 18.0 Å². The summed E-state index contributed by atoms with van der Waals surface area (Å²) in [6.07, 6.45) is 11.9. The second kappa shape index (κ2) is 10.5. The van der Waals surface area contributed by atoms with Gasteiger partial charge in [-0.2, -0.15) is 0 Å². The van der Waals surface area contributed by atoms with Crippen molar-refractivity contribution in [2.45, 2.75) is 83.6 Å². The van der Waals surface area contributed by atoms with Crippen LogP contribution in [0.2, 0.25) is 0 Å². The quantitative estimate of drug-likeness (QED) is 0.565. The smallest absolute Gasteiger partial charge is 0.253 e. The van der Waals surface area contributed by atoms with Crippen LogP contribution in [0.25, 0.3) is 0 Å². The van der Waals surface area contributed by atoms with Gasteiger partial charge in [0.25, 0.3) is 5.91 Å². The Bertz CT molecular complexity index is 664. The molecule has 1 saturated heterocycles. The van der Waals surface area contributed by atoms with E-state index in [9.17, 15) is 9.59 Å². The van der Waals surface area contributed by atoms with Crippen LogP contribution in [-0.2, 0) is 4.79 Å². The Balaban J connectivity index is 1.64. The first-order chi connectivity index (χ1) is 13.7. The van der Waals surface area contributed by atoms with E-state index in [2.05, 4.69) is 22.5 Å². The number of unbranched alkanes of at least 4 members (excludes halogenated alkanes) is 4. The van der Waals surface area contributed by atoms with Gasteiger partial charge in [0.05, 0.1) is 5.56 Å². The summed E-state index contributed by atoms with van der Waals surface area (Å²) in [4.78, 5) is 27.4. The molecule has 1 aliphatic carbocycles. The Labute approximate surface area is 169 Å². The van der Waals surface area contributed by atoms with Gasteiger partial charge >= 0.3 is 0 Å². The van der Waals surface area contributed by atoms with Crippen molar-refractivity contribution in [1.29, 1.82) is 0 Å². The van der Waals surface area contributed by atoms with Gasteiger partial charge in [0.2, 0.25) is 5.91 Å². The highest BCUT2D eigenvalue weighted by Gasteiger charge is 2.26. The van der Waals surface area contributed by atoms with Crippen LogP contribution in [-0.4, -0.2) is 30.9 Å². The number of nitrogens with zero attached hydrogens (tertiary/aromatic N) is 1. The fourth-order valence-corrected chi connectivity index (χ4v) is 3.81. The first-order valence-corrected chi connectivity index (χ1v) is 11.2. The van der Waals surface area contributed by atoms with Crippen LogP contribution in [0.3, 0.4) is 0 Å². The van der Waals surface area contributed by atoms with Crippen molar-refractivity contribution < 1.29 is 9.59 Å². The molecule has 0 spiro atoms. The van der Waals surface area contributed by atoms with E-state index in [4.69, 9.17) is 0 Å². The number of piperidine rings is 1. The summed E-state index contributed by atoms with van der Waals surface area (Å²) in [6, 6.07) is 6.12. The van der Waals surface area contributed by atoms with Gasteiger partial charge < -0.3 is 15.5 Å². The van der Waals surface area contributed by atoms with Crippen molar-refractivity contribution in [3.63, 3.8) is 0 Å². The summed E-state index contributed by atoms with van der Waals surface area (Å²) in [5, 5.41) is 6.10. The zero-order chi connectivity index (χ0) is 19.8. The molecule has 2 aliphatic rings. The minimum Gasteiger partial charge on any atom is -0.371 e. The number of hydrogen-bond acceptors (Lipinski definition) is 3. The zero-order valence-corrected chi connectivity index (χ0v) is 17.3. The van der Waals surface area contributed by atoms with Crippen LogP contribution >= 0.6 is 0 Å². The summed E-state index contributed by atoms with van der Waals surface area (Å²) < 4.78 is 0. The van der Waals surface area contributed by atoms with Gasteiger partial charge in [-0.3, -0.25) is 9.59 Å². The third-order valence-corrected chi connectivity index (χ3v) is 5.64. The Morgan fingerprint density at radius 2 is 1.79 bits per heavy atom. The van der Waals surface area contributed by atoms with Gasteiger partial charge in [0.15, 0.2) is 0 Å². The predicted octanol–water partition coefficient (Wildman–Crippen LogP) is 4.87. The minimum absolute atomic E-state index is 0.0151. The van der Waals surface area contributed by atoms with E-state index >= 15 is 0 Å². The van der Waals surface area contributed by atoms with Crippen molar-refractivity contribution in [1.82, 2.24) is 5.32 Å². The molecule has 0 atom stereocenters. The van der Waals surface area contributed by atoms with Gasteiger partial charge in [0, 0.05) is 36.9 Å². The topological polar surface area (TPSA) is 61.4 Å². The molecule has 1 heterocycles. The fourth-order valence-electron chi connectivity index (χ4n) is 3.81. The zero-order valence-electron chi connectivity index (χ0n) is 17.3. The van der Waals surface area contributed by atoms with Crippen molar-refractivity contribution in [3.05, 3.63) is 23.8 Å². The van der Waals surface area contributed by atoms with Gasteiger partial charge in [-0.05, 0) is 56.7 Å². The molecule has 1 saturated carbocycles. The number of anilines is 2. The van der Waals surface area contributed by atoms with E-state index in [-0.39, 0.29) is 11.8 Å². The van der Waals surface area contributed by atoms with Crippen molar-refractivity contribution in [2.75, 3.05) is 23.3 Å². The standard InChI is InChI=1S/C23H35N3O2/c1-2-3-4-5-7-10-22(27)24-19-13-14-21(26-15-8-6-9-16-26)20(17-19)23(28)25-18-11-12-18/h13-14,17-18H,2-12,15-16H2,1H3,(H,24,27)(H,25,28). The highest BCUT2D eigenvalue weighted by atomic mass is 16.2. The van der Waals surface area contributed by atoms with Gasteiger partial charge in [0.1, 0.15) is 0 Å². The third kappa shape index (κ3) is 6.25. The maximum Gasteiger partial charge on any atom is 0.253 e. The fraction of sp³-hybridized carbons (Fsp3) is 0.652. The van der Waals surface area contributed by atoms with E-state index in [1.54, 1.807) is 0 Å². The molecule has 2 fully saturated rings. The highest BCUT2D eigenvalue weighted by Crippen LogP contribution is 2.29. The van der Waals surface area contributed by atoms with E-state index < -0.39 is 0 Å². The van der Waals surface area contributed by atoms with Gasteiger partial charge in [-0.15, -0.1) is 0 Å². The van der Waals surface area contributed by atoms with Gasteiger partial charge in [-0.25, -0.2) is 0 Å². The molecule has 1 aromatic carbocycles. The van der Waals surface area contributed by atoms with E-state index in [1.165, 1.54) is 38.5 Å². The van der Waals surface area contributed by atoms with Crippen molar-refractivity contribution in [3.8, 4) is 0 Å². The van der Waals surface area contributed by atoms with Gasteiger partial charge in [-0.1, -0.05) is 32.6 Å². The molecule has 3 rings (SSSR count). The van der Waals surface area contributed by atoms with Crippen LogP contribution in [0, 0.1) is 0 Å². The van der Waals surface area contributed by atoms with Crippen LogP contribution < -0.4 is 15.5 Å². The van der Waals surface area contributed by atoms with Crippen LogP contribution in [0.5, 0.6) is 0 Å². The molecule has 0 unspecified atom stereocenters. The lowest BCUT2D eigenvalue weighted by Crippen LogP contribution is -2.33. The van der Waals surface area contributed by atoms with Crippen LogP contribution in [0.4, 0.5) is 11.4 Å². The number of carbonyl (C=O) groups is 2. The predicted molar refractivity (Wildman–Crippen MR) is 115 cm³/mol. The molecule has 2 amide bonds. The Morgan fingerprint density at radius 1 is 1.04 bits per heavy atom. The molecule has 0 aromatic heterocycles. The summed E-state index contributed by atoms with van der Waals surface area (Å²) >= 11 is 0. The lowest BCUT2D eigenvalue weighted by atomic mass is 10.1. The second-order valence-electron chi connectivity index (χ2n) is 8.24. The monoisotopic (exact) mass is 385 g/mol. The van der Waals surface area contributed by atoms with E-state index in [0.717, 1.165) is 50.1 Å². The summed E-state index contributed by atoms with van der Waals surface area (Å²) in [7, 11) is 0. The average molecular weight is 386 g/mol. The lowest BCUT2D eigenvalue weighted by molar-refractivity contribution is -0.116. The molecule has 154 valence electrons. The summed E-state index contributed by atoms with van der Waals surface area (Å²) in [5.74, 6) is 0.0227. The number of hydrogen-bond donors (Lipinski definition) is 2. The van der Waals surface area contributed by atoms with Crippen LogP contribution in [0.1, 0.15) is 87.9 Å². The third-order valence-electron chi connectivity index (χ3n) is 5.64. The van der Waals surface area contributed by atoms with E-state index in [1.807, 2.05) is 18.2 Å². The number of benzene rings is 1. The molecule has 5 nitrogen and oxygen atoms in total. The molecular formula is C23H35N3O2. The SMILES string of the molecule is CCCCCCCC(=O)Nc1ccc(N2CCCCC2)c(C(=O)NC2CC2)c1. The Hall–Kier alpha value is -2.04. The molecular weight excluding hydrogens is 350 g/mol. The molecule has 2 N–H and O–H groups in total. The maximum atomic E-state index is 12.8. The molecule has 0 bridgehead atoms. The minimum atomic E-state index is -0.0151. The highest BCUT2D eigenvalue weighted by molar-refractivity contribution is 6.02.